The fourth-order valence-electron chi connectivity index (χ4n) is 9.11. The predicted octanol–water partition coefficient (Wildman–Crippen LogP) is 10.3. The first-order chi connectivity index (χ1) is 38.1. The van der Waals surface area contributed by atoms with Crippen molar-refractivity contribution in [1.82, 2.24) is 34.7 Å². The van der Waals surface area contributed by atoms with Gasteiger partial charge in [0.1, 0.15) is 60.0 Å². The van der Waals surface area contributed by atoms with Crippen LogP contribution in [0.4, 0.5) is 4.39 Å². The van der Waals surface area contributed by atoms with E-state index in [4.69, 9.17) is 80.8 Å². The summed E-state index contributed by atoms with van der Waals surface area (Å²) >= 11 is 16.2. The third kappa shape index (κ3) is 14.6. The topological polar surface area (TPSA) is 171 Å². The van der Waals surface area contributed by atoms with Crippen molar-refractivity contribution in [1.29, 1.82) is 0 Å². The highest BCUT2D eigenvalue weighted by atomic mass is 35.5. The number of rotatable bonds is 18. The van der Waals surface area contributed by atoms with Gasteiger partial charge in [0, 0.05) is 86.3 Å². The van der Waals surface area contributed by atoms with E-state index in [2.05, 4.69) is 26.8 Å². The number of nitrogens with zero attached hydrogens (tertiary/aromatic N) is 7. The third-order valence-corrected chi connectivity index (χ3v) is 15.2. The quantitative estimate of drug-likeness (QED) is 0.0586. The van der Waals surface area contributed by atoms with Crippen LogP contribution >= 0.6 is 34.5 Å². The molecular weight excluding hydrogens is 1080 g/mol. The fraction of sp³-hybridized carbons (Fsp3) is 0.414. The third-order valence-electron chi connectivity index (χ3n) is 13.1. The van der Waals surface area contributed by atoms with Gasteiger partial charge >= 0.3 is 5.97 Å². The molecule has 0 N–H and O–H groups in total. The number of pyridine rings is 1. The molecule has 4 bridgehead atoms. The molecule has 10 rings (SSSR count). The normalized spacial score (nSPS) is 16.2. The monoisotopic (exact) mass is 1140 g/mol. The highest BCUT2D eigenvalue weighted by molar-refractivity contribution is 7.22. The zero-order valence-corrected chi connectivity index (χ0v) is 47.6. The molecule has 0 unspecified atom stereocenters. The van der Waals surface area contributed by atoms with Crippen LogP contribution in [0, 0.1) is 19.7 Å². The van der Waals surface area contributed by atoms with E-state index in [1.54, 1.807) is 76.7 Å². The summed E-state index contributed by atoms with van der Waals surface area (Å²) in [5.74, 6) is 1.17. The number of benzene rings is 3. The number of carbonyl (C=O) groups excluding carboxylic acids is 1. The maximum atomic E-state index is 14.6. The van der Waals surface area contributed by atoms with Gasteiger partial charge in [-0.05, 0) is 106 Å². The lowest BCUT2D eigenvalue weighted by molar-refractivity contribution is -0.163. The lowest BCUT2D eigenvalue weighted by Gasteiger charge is -2.35. The van der Waals surface area contributed by atoms with Crippen LogP contribution in [0.2, 0.25) is 10.0 Å². The molecule has 3 aliphatic rings. The van der Waals surface area contributed by atoms with Gasteiger partial charge in [-0.3, -0.25) is 4.90 Å². The number of piperazine rings is 1. The number of ether oxygens (including phenoxy) is 9. The number of halogens is 3. The Morgan fingerprint density at radius 2 is 1.54 bits per heavy atom. The number of methoxy groups -OCH3 is 1. The molecule has 0 saturated carbocycles. The number of thiophene rings is 1. The molecule has 0 aliphatic carbocycles. The molecule has 1 saturated heterocycles. The fourth-order valence-corrected chi connectivity index (χ4v) is 10.8. The standard InChI is InChI=1S/C58H64Cl2FN7O10S/c1-35-47-36(2)51(60)52(50(35)59)76-43(31-68-20-18-67(6)19-21-68)33-74-42-13-14-44(75-32-41-16-17-62-54(66-41)38-10-15-46(63-30-38)73-27-26-72-25-24-71-23-22-70-7)39(28-42)29-45(57(69)78-58(3,4)5)77-55-49-48(47)53(79-56(49)65-34-64-55)37-8-11-40(61)12-9-37/h8-17,28,30,34,43,45H,18-27,29,31-33H2,1-7H3/t43-,45-/m1/s1. The Morgan fingerprint density at radius 1 is 0.823 bits per heavy atom. The first-order valence-corrected chi connectivity index (χ1v) is 27.6. The Hall–Kier alpha value is -6.29. The highest BCUT2D eigenvalue weighted by Crippen LogP contribution is 2.53. The number of aromatic nitrogens is 5. The molecule has 17 nitrogen and oxygen atoms in total. The Balaban J connectivity index is 1.06. The summed E-state index contributed by atoms with van der Waals surface area (Å²) in [6, 6.07) is 17.0. The number of esters is 1. The number of fused-ring (bicyclic) bond motifs is 7. The SMILES string of the molecule is COCCOCCOCCOc1ccc(-c2nccc(COc3ccc4cc3C[C@H](C(=O)OC(C)(C)C)Oc3ncnc5sc(-c6ccc(F)cc6)c(c35)-c3c(C)c(Cl)c(c(Cl)c3C)O[C@H](CN3CCN(C)CC3)CO4)n2)cn1. The van der Waals surface area contributed by atoms with Gasteiger partial charge in [-0.15, -0.1) is 11.3 Å². The van der Waals surface area contributed by atoms with Crippen molar-refractivity contribution in [3.63, 3.8) is 0 Å². The summed E-state index contributed by atoms with van der Waals surface area (Å²) in [5, 5.41) is 1.11. The van der Waals surface area contributed by atoms with Crippen molar-refractivity contribution in [2.75, 3.05) is 93.1 Å². The van der Waals surface area contributed by atoms with E-state index in [9.17, 15) is 9.18 Å². The summed E-state index contributed by atoms with van der Waals surface area (Å²) in [5.41, 5.74) is 4.29. The van der Waals surface area contributed by atoms with Crippen molar-refractivity contribution in [2.45, 2.75) is 65.5 Å². The van der Waals surface area contributed by atoms with E-state index in [0.717, 1.165) is 31.1 Å². The molecule has 0 spiro atoms. The second-order valence-electron chi connectivity index (χ2n) is 20.1. The van der Waals surface area contributed by atoms with Crippen molar-refractivity contribution in [3.05, 3.63) is 118 Å². The number of carbonyl (C=O) groups is 1. The van der Waals surface area contributed by atoms with Gasteiger partial charge in [-0.25, -0.2) is 34.1 Å². The molecule has 4 aromatic heterocycles. The van der Waals surface area contributed by atoms with Gasteiger partial charge in [-0.2, -0.15) is 0 Å². The smallest absolute Gasteiger partial charge is 0.348 e. The maximum Gasteiger partial charge on any atom is 0.348 e. The van der Waals surface area contributed by atoms with Crippen LogP contribution in [0.25, 0.3) is 43.2 Å². The van der Waals surface area contributed by atoms with E-state index in [1.165, 1.54) is 29.8 Å². The molecule has 0 amide bonds. The summed E-state index contributed by atoms with van der Waals surface area (Å²) in [6.45, 7) is 16.0. The number of hydrogen-bond donors (Lipinski definition) is 0. The van der Waals surface area contributed by atoms with Crippen molar-refractivity contribution >= 4 is 50.7 Å². The molecule has 7 aromatic rings. The van der Waals surface area contributed by atoms with Gasteiger partial charge in [0.2, 0.25) is 17.9 Å². The van der Waals surface area contributed by atoms with Crippen LogP contribution in [0.3, 0.4) is 0 Å². The first kappa shape index (κ1) is 57.4. The molecule has 2 atom stereocenters. The lowest BCUT2D eigenvalue weighted by atomic mass is 9.92. The molecular formula is C58H64Cl2FN7O10S. The molecule has 1 fully saturated rings. The van der Waals surface area contributed by atoms with E-state index >= 15 is 0 Å². The van der Waals surface area contributed by atoms with E-state index in [0.29, 0.717) is 140 Å². The van der Waals surface area contributed by atoms with Crippen molar-refractivity contribution in [3.8, 4) is 62.0 Å². The Bertz CT molecular complexity index is 3180. The van der Waals surface area contributed by atoms with Crippen LogP contribution in [0.15, 0.2) is 79.4 Å². The average molecular weight is 1140 g/mol. The van der Waals surface area contributed by atoms with Gasteiger partial charge in [0.25, 0.3) is 0 Å². The Morgan fingerprint density at radius 3 is 2.25 bits per heavy atom. The molecule has 3 aromatic carbocycles. The van der Waals surface area contributed by atoms with Crippen molar-refractivity contribution in [2.24, 2.45) is 0 Å². The second-order valence-corrected chi connectivity index (χ2v) is 21.9. The summed E-state index contributed by atoms with van der Waals surface area (Å²) in [7, 11) is 3.74. The zero-order chi connectivity index (χ0) is 55.6. The van der Waals surface area contributed by atoms with E-state index < -0.39 is 29.6 Å². The molecule has 7 heterocycles. The van der Waals surface area contributed by atoms with Crippen LogP contribution in [0.5, 0.6) is 29.0 Å². The van der Waals surface area contributed by atoms with Crippen LogP contribution in [-0.4, -0.2) is 152 Å². The maximum absolute atomic E-state index is 14.6. The number of hydrogen-bond acceptors (Lipinski definition) is 18. The average Bonchev–Trinajstić information content (AvgIpc) is 3.84. The summed E-state index contributed by atoms with van der Waals surface area (Å²) in [6.07, 6.45) is 2.81. The van der Waals surface area contributed by atoms with Crippen LogP contribution in [0.1, 0.15) is 43.2 Å². The Labute approximate surface area is 473 Å². The zero-order valence-electron chi connectivity index (χ0n) is 45.3. The minimum Gasteiger partial charge on any atom is -0.490 e. The molecule has 21 heteroatoms. The minimum absolute atomic E-state index is 0.0298. The Kier molecular flexibility index (Phi) is 19.1. The molecule has 418 valence electrons. The second kappa shape index (κ2) is 26.3. The largest absolute Gasteiger partial charge is 0.490 e. The van der Waals surface area contributed by atoms with Gasteiger partial charge in [0.05, 0.1) is 54.2 Å². The van der Waals surface area contributed by atoms with Crippen LogP contribution in [-0.2, 0) is 36.8 Å². The van der Waals surface area contributed by atoms with Crippen LogP contribution < -0.4 is 23.7 Å². The van der Waals surface area contributed by atoms with Gasteiger partial charge < -0.3 is 47.5 Å². The van der Waals surface area contributed by atoms with Crippen molar-refractivity contribution < 1.29 is 51.8 Å². The highest BCUT2D eigenvalue weighted by Gasteiger charge is 2.34. The number of likely N-dealkylation sites (N-methyl/N-ethyl adjacent to an activating group) is 1. The predicted molar refractivity (Wildman–Crippen MR) is 301 cm³/mol. The summed E-state index contributed by atoms with van der Waals surface area (Å²) in [4.78, 5) is 43.8. The van der Waals surface area contributed by atoms with E-state index in [-0.39, 0.29) is 25.5 Å². The van der Waals surface area contributed by atoms with E-state index in [1.807, 2.05) is 26.0 Å². The molecule has 3 aliphatic heterocycles. The molecule has 0 radical (unpaired) electrons. The summed E-state index contributed by atoms with van der Waals surface area (Å²) < 4.78 is 69.4. The van der Waals surface area contributed by atoms with Gasteiger partial charge in [-0.1, -0.05) is 35.3 Å². The van der Waals surface area contributed by atoms with Gasteiger partial charge in [0.15, 0.2) is 11.6 Å². The molecule has 79 heavy (non-hydrogen) atoms. The minimum atomic E-state index is -1.29. The first-order valence-electron chi connectivity index (χ1n) is 26.1. The lowest BCUT2D eigenvalue weighted by Crippen LogP contribution is -2.49.